The Balaban J connectivity index is 0.000000197. The molecule has 0 fully saturated rings. The van der Waals surface area contributed by atoms with Gasteiger partial charge in [-0.1, -0.05) is 41.6 Å². The summed E-state index contributed by atoms with van der Waals surface area (Å²) in [6.45, 7) is 8.32. The van der Waals surface area contributed by atoms with Crippen LogP contribution in [0.3, 0.4) is 0 Å². The largest absolute Gasteiger partial charge is 0.501 e. The molecule has 39 heavy (non-hydrogen) atoms. The maximum atomic E-state index is 8.20. The van der Waals surface area contributed by atoms with Gasteiger partial charge in [0.15, 0.2) is 0 Å². The summed E-state index contributed by atoms with van der Waals surface area (Å²) >= 11 is 1.71. The first-order valence-corrected chi connectivity index (χ1v) is 13.1. The zero-order valence-corrected chi connectivity index (χ0v) is 25.0. The monoisotopic (exact) mass is 707 g/mol. The van der Waals surface area contributed by atoms with Crippen LogP contribution in [-0.2, 0) is 20.1 Å². The molecule has 5 heteroatoms. The first-order valence-electron chi connectivity index (χ1n) is 14.2. The van der Waals surface area contributed by atoms with E-state index in [2.05, 4.69) is 74.1 Å². The maximum Gasteiger partial charge on any atom is 0.122 e. The molecular weight excluding hydrogens is 677 g/mol. The molecule has 7 rings (SSSR count). The molecule has 0 aliphatic rings. The summed E-state index contributed by atoms with van der Waals surface area (Å²) in [7, 11) is 0. The minimum Gasteiger partial charge on any atom is -0.501 e. The van der Waals surface area contributed by atoms with E-state index in [0.29, 0.717) is 11.1 Å². The summed E-state index contributed by atoms with van der Waals surface area (Å²) in [5.41, 5.74) is 7.63. The van der Waals surface area contributed by atoms with Crippen molar-refractivity contribution in [3.05, 3.63) is 119 Å². The molecule has 0 spiro atoms. The first-order chi connectivity index (χ1) is 20.1. The van der Waals surface area contributed by atoms with E-state index in [9.17, 15) is 0 Å². The van der Waals surface area contributed by atoms with Gasteiger partial charge < -0.3 is 14.4 Å². The van der Waals surface area contributed by atoms with E-state index in [4.69, 9.17) is 9.90 Å². The summed E-state index contributed by atoms with van der Waals surface area (Å²) in [6, 6.07) is 23.4. The van der Waals surface area contributed by atoms with Crippen LogP contribution in [0.5, 0.6) is 0 Å². The number of aryl methyl sites for hydroxylation is 4. The Morgan fingerprint density at radius 2 is 1.77 bits per heavy atom. The number of hydrogen-bond donors (Lipinski definition) is 0. The van der Waals surface area contributed by atoms with Crippen LogP contribution in [0.4, 0.5) is 0 Å². The Morgan fingerprint density at radius 3 is 2.56 bits per heavy atom. The summed E-state index contributed by atoms with van der Waals surface area (Å²) in [6.07, 6.45) is 1.59. The van der Waals surface area contributed by atoms with Gasteiger partial charge in [0.05, 0.1) is 11.1 Å². The quantitative estimate of drug-likeness (QED) is 0.168. The number of furan rings is 1. The number of nitrogens with zero attached hydrogens (tertiary/aromatic N) is 2. The molecule has 4 heterocycles. The van der Waals surface area contributed by atoms with Crippen LogP contribution in [0.15, 0.2) is 89.5 Å². The van der Waals surface area contributed by atoms with Gasteiger partial charge in [0.25, 0.3) is 0 Å². The van der Waals surface area contributed by atoms with Crippen LogP contribution in [0.1, 0.15) is 27.1 Å². The molecule has 0 bridgehead atoms. The van der Waals surface area contributed by atoms with Crippen molar-refractivity contribution >= 4 is 43.4 Å². The van der Waals surface area contributed by atoms with Gasteiger partial charge >= 0.3 is 0 Å². The fraction of sp³-hybridized carbons (Fsp3) is 0.118. The average molecular weight is 707 g/mol. The number of benzene rings is 3. The molecule has 0 N–H and O–H groups in total. The Hall–Kier alpha value is -3.63. The Morgan fingerprint density at radius 1 is 0.897 bits per heavy atom. The molecule has 0 aliphatic heterocycles. The molecule has 3 nitrogen and oxygen atoms in total. The first kappa shape index (κ1) is 22.2. The second-order valence-electron chi connectivity index (χ2n) is 9.29. The van der Waals surface area contributed by atoms with E-state index in [1.807, 2.05) is 30.5 Å². The number of pyridine rings is 2. The van der Waals surface area contributed by atoms with Crippen molar-refractivity contribution in [3.8, 4) is 22.5 Å². The molecule has 0 amide bonds. The van der Waals surface area contributed by atoms with Gasteiger partial charge in [-0.15, -0.1) is 64.9 Å². The Bertz CT molecular complexity index is 2140. The van der Waals surface area contributed by atoms with E-state index in [0.717, 1.165) is 37.7 Å². The SMILES string of the molecule is Cc1c[c-]c(-c2cc(C)c(C)cn2)cc1.[2H]c1nc(-c2[c-]ccc3c2oc2ccc4cc(C)sc4c23)c([2H])c([2H])c1[2H].[Ir]. The topological polar surface area (TPSA) is 38.9 Å². The van der Waals surface area contributed by atoms with Crippen molar-refractivity contribution in [2.24, 2.45) is 0 Å². The van der Waals surface area contributed by atoms with Crippen LogP contribution in [0.25, 0.3) is 54.5 Å². The van der Waals surface area contributed by atoms with Crippen molar-refractivity contribution < 1.29 is 30.0 Å². The molecule has 0 atom stereocenters. The molecule has 3 aromatic carbocycles. The second-order valence-corrected chi connectivity index (χ2v) is 10.5. The average Bonchev–Trinajstić information content (AvgIpc) is 3.55. The number of rotatable bonds is 2. The van der Waals surface area contributed by atoms with Crippen molar-refractivity contribution in [1.82, 2.24) is 9.97 Å². The molecule has 7 aromatic rings. The third-order valence-electron chi connectivity index (χ3n) is 6.52. The molecule has 195 valence electrons. The van der Waals surface area contributed by atoms with E-state index < -0.39 is 0 Å². The minimum absolute atomic E-state index is 0. The van der Waals surface area contributed by atoms with Crippen molar-refractivity contribution in [2.45, 2.75) is 27.7 Å². The Labute approximate surface area is 251 Å². The van der Waals surface area contributed by atoms with Crippen LogP contribution in [0.2, 0.25) is 0 Å². The number of thiophene rings is 1. The number of aromatic nitrogens is 2. The van der Waals surface area contributed by atoms with Gasteiger partial charge in [-0.2, -0.15) is 0 Å². The van der Waals surface area contributed by atoms with E-state index >= 15 is 0 Å². The van der Waals surface area contributed by atoms with Crippen molar-refractivity contribution in [2.75, 3.05) is 0 Å². The van der Waals surface area contributed by atoms with Crippen LogP contribution < -0.4 is 0 Å². The van der Waals surface area contributed by atoms with Gasteiger partial charge in [-0.05, 0) is 67.4 Å². The fourth-order valence-corrected chi connectivity index (χ4v) is 5.47. The molecule has 0 unspecified atom stereocenters. The molecule has 0 saturated heterocycles. The van der Waals surface area contributed by atoms with E-state index in [1.165, 1.54) is 21.6 Å². The van der Waals surface area contributed by atoms with Gasteiger partial charge in [0.1, 0.15) is 5.58 Å². The maximum absolute atomic E-state index is 8.20. The van der Waals surface area contributed by atoms with Gasteiger partial charge in [-0.25, -0.2) is 0 Å². The fourth-order valence-electron chi connectivity index (χ4n) is 4.41. The zero-order valence-electron chi connectivity index (χ0n) is 25.8. The van der Waals surface area contributed by atoms with Crippen LogP contribution in [0, 0.1) is 39.8 Å². The molecule has 1 radical (unpaired) electrons. The van der Waals surface area contributed by atoms with Crippen molar-refractivity contribution in [1.29, 1.82) is 0 Å². The summed E-state index contributed by atoms with van der Waals surface area (Å²) in [5.74, 6) is 0. The van der Waals surface area contributed by atoms with E-state index in [-0.39, 0.29) is 50.1 Å². The molecular formula is C34H26IrN2OS-2. The predicted octanol–water partition coefficient (Wildman–Crippen LogP) is 9.44. The zero-order chi connectivity index (χ0) is 29.7. The van der Waals surface area contributed by atoms with Crippen LogP contribution >= 0.6 is 11.3 Å². The summed E-state index contributed by atoms with van der Waals surface area (Å²) in [5, 5.41) is 3.05. The van der Waals surface area contributed by atoms with Gasteiger partial charge in [0.2, 0.25) is 0 Å². The number of hydrogen-bond acceptors (Lipinski definition) is 4. The molecule has 4 aromatic heterocycles. The minimum atomic E-state index is -0.351. The molecule has 0 aliphatic carbocycles. The van der Waals surface area contributed by atoms with E-state index in [1.54, 1.807) is 17.4 Å². The third kappa shape index (κ3) is 5.31. The predicted molar refractivity (Wildman–Crippen MR) is 159 cm³/mol. The van der Waals surface area contributed by atoms with Gasteiger partial charge in [0, 0.05) is 47.4 Å². The summed E-state index contributed by atoms with van der Waals surface area (Å²) < 4.78 is 38.9. The third-order valence-corrected chi connectivity index (χ3v) is 7.61. The Kier molecular flexibility index (Phi) is 6.40. The van der Waals surface area contributed by atoms with Crippen molar-refractivity contribution in [3.63, 3.8) is 0 Å². The standard InChI is InChI=1S/C20H12NOS.C14H14N.Ir/c1-12-11-13-8-9-17-18(20(13)23-12)15-6-4-5-14(19(15)22-17)16-7-2-3-10-21-16;1-10-4-6-13(7-5-10)14-8-11(2)12(3)9-15-14;/h2-4,6-11H,1H3;4-6,8-9H,1-3H3;/q2*-1;/i2D,3D,7D,10D;;. The second kappa shape index (κ2) is 11.2. The smallest absolute Gasteiger partial charge is 0.122 e. The van der Waals surface area contributed by atoms with Crippen LogP contribution in [-0.4, -0.2) is 9.97 Å². The normalized spacial score (nSPS) is 12.3. The number of fused-ring (bicyclic) bond motifs is 5. The van der Waals surface area contributed by atoms with Gasteiger partial charge in [-0.3, -0.25) is 0 Å². The molecule has 0 saturated carbocycles. The summed E-state index contributed by atoms with van der Waals surface area (Å²) in [4.78, 5) is 9.70.